The predicted molar refractivity (Wildman–Crippen MR) is 155 cm³/mol. The summed E-state index contributed by atoms with van der Waals surface area (Å²) in [4.78, 5) is 0. The predicted octanol–water partition coefficient (Wildman–Crippen LogP) is 10.0. The van der Waals surface area contributed by atoms with Gasteiger partial charge in [0.1, 0.15) is 0 Å². The lowest BCUT2D eigenvalue weighted by Crippen LogP contribution is -2.37. The molecule has 1 aromatic rings. The van der Waals surface area contributed by atoms with Crippen LogP contribution in [0.5, 0.6) is 5.75 Å². The summed E-state index contributed by atoms with van der Waals surface area (Å²) >= 11 is 0. The summed E-state index contributed by atoms with van der Waals surface area (Å²) in [5.74, 6) is 3.46. The summed E-state index contributed by atoms with van der Waals surface area (Å²) in [5, 5.41) is 0. The Balaban J connectivity index is 1.03. The van der Waals surface area contributed by atoms with Crippen LogP contribution in [-0.4, -0.2) is 19.3 Å². The molecule has 2 nitrogen and oxygen atoms in total. The molecule has 3 aliphatic carbocycles. The average Bonchev–Trinajstić information content (AvgIpc) is 2.99. The molecule has 0 aromatic heterocycles. The molecule has 1 saturated heterocycles. The van der Waals surface area contributed by atoms with Crippen LogP contribution in [0, 0.1) is 47.1 Å². The van der Waals surface area contributed by atoms with Crippen LogP contribution in [0.4, 0.5) is 8.78 Å². The lowest BCUT2D eigenvalue weighted by molar-refractivity contribution is -0.0738. The molecule has 0 N–H and O–H groups in total. The Bertz CT molecular complexity index is 913. The van der Waals surface area contributed by atoms with Gasteiger partial charge in [-0.05, 0) is 156 Å². The highest BCUT2D eigenvalue weighted by Crippen LogP contribution is 2.47. The molecule has 1 heterocycles. The number of hydrogen-bond donors (Lipinski definition) is 0. The van der Waals surface area contributed by atoms with Gasteiger partial charge in [0.2, 0.25) is 5.82 Å². The third-order valence-electron chi connectivity index (χ3n) is 11.1. The van der Waals surface area contributed by atoms with Crippen molar-refractivity contribution in [1.82, 2.24) is 0 Å². The quantitative estimate of drug-likeness (QED) is 0.304. The minimum absolute atomic E-state index is 0.0506. The summed E-state index contributed by atoms with van der Waals surface area (Å²) in [6.45, 7) is 5.51. The first-order chi connectivity index (χ1) is 19.1. The van der Waals surface area contributed by atoms with Gasteiger partial charge in [0.15, 0.2) is 11.6 Å². The first-order valence-electron chi connectivity index (χ1n) is 16.4. The van der Waals surface area contributed by atoms with Gasteiger partial charge in [-0.15, -0.1) is 0 Å². The van der Waals surface area contributed by atoms with E-state index in [2.05, 4.69) is 19.1 Å². The van der Waals surface area contributed by atoms with Crippen molar-refractivity contribution in [3.63, 3.8) is 0 Å². The fourth-order valence-electron chi connectivity index (χ4n) is 8.69. The third-order valence-corrected chi connectivity index (χ3v) is 11.1. The van der Waals surface area contributed by atoms with Crippen LogP contribution >= 0.6 is 0 Å². The van der Waals surface area contributed by atoms with Gasteiger partial charge >= 0.3 is 0 Å². The molecule has 0 amide bonds. The second-order valence-electron chi connectivity index (χ2n) is 13.3. The Morgan fingerprint density at radius 3 is 1.92 bits per heavy atom. The van der Waals surface area contributed by atoms with Crippen LogP contribution in [0.2, 0.25) is 0 Å². The molecule has 1 aliphatic heterocycles. The molecular formula is C35H52F2O2. The lowest BCUT2D eigenvalue weighted by atomic mass is 9.66. The Hall–Kier alpha value is -1.42. The van der Waals surface area contributed by atoms with Gasteiger partial charge in [-0.3, -0.25) is 0 Å². The summed E-state index contributed by atoms with van der Waals surface area (Å²) in [6, 6.07) is 3.40. The summed E-state index contributed by atoms with van der Waals surface area (Å²) in [6.07, 6.45) is 23.6. The summed E-state index contributed by atoms with van der Waals surface area (Å²) < 4.78 is 41.3. The normalized spacial score (nSPS) is 36.2. The molecule has 0 radical (unpaired) electrons. The maximum absolute atomic E-state index is 14.9. The molecule has 3 saturated carbocycles. The number of halogens is 2. The van der Waals surface area contributed by atoms with Crippen molar-refractivity contribution >= 4 is 0 Å². The van der Waals surface area contributed by atoms with E-state index < -0.39 is 11.6 Å². The monoisotopic (exact) mass is 542 g/mol. The highest BCUT2D eigenvalue weighted by Gasteiger charge is 2.37. The number of ether oxygens (including phenoxy) is 2. The van der Waals surface area contributed by atoms with Crippen molar-refractivity contribution in [1.29, 1.82) is 0 Å². The molecule has 39 heavy (non-hydrogen) atoms. The zero-order chi connectivity index (χ0) is 27.2. The van der Waals surface area contributed by atoms with Gasteiger partial charge < -0.3 is 9.47 Å². The summed E-state index contributed by atoms with van der Waals surface area (Å²) in [7, 11) is 0. The Kier molecular flexibility index (Phi) is 10.4. The zero-order valence-corrected chi connectivity index (χ0v) is 24.5. The van der Waals surface area contributed by atoms with Crippen LogP contribution in [0.3, 0.4) is 0 Å². The molecule has 2 atom stereocenters. The minimum Gasteiger partial charge on any atom is -0.490 e. The van der Waals surface area contributed by atoms with E-state index in [9.17, 15) is 8.78 Å². The van der Waals surface area contributed by atoms with E-state index in [0.29, 0.717) is 18.3 Å². The largest absolute Gasteiger partial charge is 0.490 e. The Morgan fingerprint density at radius 2 is 1.33 bits per heavy atom. The maximum atomic E-state index is 14.9. The Labute approximate surface area is 236 Å². The van der Waals surface area contributed by atoms with E-state index in [1.54, 1.807) is 12.1 Å². The topological polar surface area (TPSA) is 18.5 Å². The van der Waals surface area contributed by atoms with E-state index in [-0.39, 0.29) is 11.7 Å². The van der Waals surface area contributed by atoms with Crippen LogP contribution in [-0.2, 0) is 4.74 Å². The molecule has 4 aliphatic rings. The van der Waals surface area contributed by atoms with Crippen molar-refractivity contribution in [2.24, 2.45) is 35.5 Å². The number of hydrogen-bond acceptors (Lipinski definition) is 2. The van der Waals surface area contributed by atoms with E-state index in [1.165, 1.54) is 64.2 Å². The molecule has 218 valence electrons. The van der Waals surface area contributed by atoms with Gasteiger partial charge in [-0.1, -0.05) is 25.1 Å². The van der Waals surface area contributed by atoms with Crippen molar-refractivity contribution in [3.8, 4) is 5.75 Å². The van der Waals surface area contributed by atoms with E-state index in [1.807, 2.05) is 6.92 Å². The first-order valence-corrected chi connectivity index (χ1v) is 16.4. The van der Waals surface area contributed by atoms with Crippen molar-refractivity contribution in [2.45, 2.75) is 122 Å². The smallest absolute Gasteiger partial charge is 0.200 e. The van der Waals surface area contributed by atoms with Crippen LogP contribution in [0.1, 0.15) is 122 Å². The molecular weight excluding hydrogens is 490 g/mol. The highest BCUT2D eigenvalue weighted by molar-refractivity contribution is 5.33. The SMILES string of the molecule is C/C=C/C1CCC(C2CCC(C3CCC(C4CCC(c5ccc(OCCC)c(F)c5F)CC4)CC3)CO2)CC1. The number of benzene rings is 1. The molecule has 0 bridgehead atoms. The lowest BCUT2D eigenvalue weighted by Gasteiger charge is -2.43. The van der Waals surface area contributed by atoms with Gasteiger partial charge in [0, 0.05) is 0 Å². The van der Waals surface area contributed by atoms with Crippen LogP contribution in [0.15, 0.2) is 24.3 Å². The van der Waals surface area contributed by atoms with E-state index in [0.717, 1.165) is 74.2 Å². The molecule has 2 unspecified atom stereocenters. The van der Waals surface area contributed by atoms with Gasteiger partial charge in [0.05, 0.1) is 19.3 Å². The molecule has 0 spiro atoms. The average molecular weight is 543 g/mol. The highest BCUT2D eigenvalue weighted by atomic mass is 19.2. The van der Waals surface area contributed by atoms with Crippen molar-refractivity contribution in [3.05, 3.63) is 41.5 Å². The van der Waals surface area contributed by atoms with Crippen LogP contribution in [0.25, 0.3) is 0 Å². The number of rotatable bonds is 8. The minimum atomic E-state index is -0.809. The first kappa shape index (κ1) is 29.1. The second kappa shape index (κ2) is 14.0. The standard InChI is InChI=1S/C35H52F2O2/c1-3-5-24-6-8-29(9-7-24)32-20-18-30(23-39-32)27-12-10-25(11-13-27)26-14-16-28(17-15-26)31-19-21-33(38-22-4-2)35(37)34(31)36/h3,5,19,21,24-30,32H,4,6-18,20,22-23H2,1-2H3/b5-3+. The molecule has 1 aromatic carbocycles. The number of allylic oxidation sites excluding steroid dienone is 2. The van der Waals surface area contributed by atoms with Crippen LogP contribution < -0.4 is 4.74 Å². The van der Waals surface area contributed by atoms with E-state index >= 15 is 0 Å². The molecule has 4 heteroatoms. The second-order valence-corrected chi connectivity index (χ2v) is 13.3. The molecule has 4 fully saturated rings. The third kappa shape index (κ3) is 7.08. The molecule has 5 rings (SSSR count). The van der Waals surface area contributed by atoms with Crippen molar-refractivity contribution < 1.29 is 18.3 Å². The van der Waals surface area contributed by atoms with Gasteiger partial charge in [-0.25, -0.2) is 4.39 Å². The fraction of sp³-hybridized carbons (Fsp3) is 0.771. The van der Waals surface area contributed by atoms with Crippen molar-refractivity contribution in [2.75, 3.05) is 13.2 Å². The maximum Gasteiger partial charge on any atom is 0.200 e. The fourth-order valence-corrected chi connectivity index (χ4v) is 8.69. The summed E-state index contributed by atoms with van der Waals surface area (Å²) in [5.41, 5.74) is 0.556. The van der Waals surface area contributed by atoms with E-state index in [4.69, 9.17) is 9.47 Å². The Morgan fingerprint density at radius 1 is 0.744 bits per heavy atom. The zero-order valence-electron chi connectivity index (χ0n) is 24.5. The van der Waals surface area contributed by atoms with Gasteiger partial charge in [-0.2, -0.15) is 4.39 Å². The van der Waals surface area contributed by atoms with Gasteiger partial charge in [0.25, 0.3) is 0 Å².